The van der Waals surface area contributed by atoms with Crippen LogP contribution in [-0.4, -0.2) is 29.7 Å². The molecule has 0 fully saturated rings. The standard InChI is InChI=1S/C19H25NO5S/c1-12-7-8-16(23-4)15(9-12)14(3)20-26(21,22)19-11-18(25-6)17(24-5)10-13(19)2/h7-11,14,20H,1-6H3. The zero-order chi connectivity index (χ0) is 19.5. The molecule has 0 radical (unpaired) electrons. The van der Waals surface area contributed by atoms with Crippen molar-refractivity contribution in [1.29, 1.82) is 0 Å². The molecule has 2 rings (SSSR count). The summed E-state index contributed by atoms with van der Waals surface area (Å²) in [5.41, 5.74) is 2.36. The summed E-state index contributed by atoms with van der Waals surface area (Å²) in [5, 5.41) is 0. The van der Waals surface area contributed by atoms with Gasteiger partial charge in [0.2, 0.25) is 10.0 Å². The molecule has 6 nitrogen and oxygen atoms in total. The second-order valence-corrected chi connectivity index (χ2v) is 7.74. The molecule has 0 saturated carbocycles. The first kappa shape index (κ1) is 20.1. The van der Waals surface area contributed by atoms with Crippen LogP contribution in [0.3, 0.4) is 0 Å². The molecule has 0 aliphatic rings. The number of methoxy groups -OCH3 is 3. The molecular formula is C19H25NO5S. The van der Waals surface area contributed by atoms with Crippen LogP contribution < -0.4 is 18.9 Å². The van der Waals surface area contributed by atoms with Crippen molar-refractivity contribution in [2.45, 2.75) is 31.7 Å². The Hall–Kier alpha value is -2.25. The van der Waals surface area contributed by atoms with E-state index in [0.717, 1.165) is 11.1 Å². The predicted molar refractivity (Wildman–Crippen MR) is 101 cm³/mol. The van der Waals surface area contributed by atoms with Gasteiger partial charge in [0, 0.05) is 17.7 Å². The third-order valence-corrected chi connectivity index (χ3v) is 5.84. The Bertz CT molecular complexity index is 893. The van der Waals surface area contributed by atoms with E-state index in [-0.39, 0.29) is 4.90 Å². The fraction of sp³-hybridized carbons (Fsp3) is 0.368. The summed E-state index contributed by atoms with van der Waals surface area (Å²) >= 11 is 0. The minimum atomic E-state index is -3.77. The highest BCUT2D eigenvalue weighted by atomic mass is 32.2. The van der Waals surface area contributed by atoms with E-state index in [1.54, 1.807) is 27.0 Å². The molecule has 7 heteroatoms. The van der Waals surface area contributed by atoms with Crippen LogP contribution in [0.25, 0.3) is 0 Å². The molecule has 0 aliphatic heterocycles. The number of rotatable bonds is 7. The SMILES string of the molecule is COc1cc(C)c(S(=O)(=O)NC(C)c2cc(C)ccc2OC)cc1OC. The van der Waals surface area contributed by atoms with Gasteiger partial charge >= 0.3 is 0 Å². The highest BCUT2D eigenvalue weighted by molar-refractivity contribution is 7.89. The van der Waals surface area contributed by atoms with Gasteiger partial charge < -0.3 is 14.2 Å². The van der Waals surface area contributed by atoms with Crippen LogP contribution in [0.15, 0.2) is 35.2 Å². The molecule has 0 bridgehead atoms. The van der Waals surface area contributed by atoms with Crippen LogP contribution in [0.4, 0.5) is 0 Å². The Morgan fingerprint density at radius 3 is 2.04 bits per heavy atom. The van der Waals surface area contributed by atoms with Gasteiger partial charge in [0.15, 0.2) is 11.5 Å². The second-order valence-electron chi connectivity index (χ2n) is 6.06. The molecule has 0 heterocycles. The largest absolute Gasteiger partial charge is 0.496 e. The summed E-state index contributed by atoms with van der Waals surface area (Å²) in [4.78, 5) is 0.147. The molecular weight excluding hydrogens is 354 g/mol. The lowest BCUT2D eigenvalue weighted by Gasteiger charge is -2.19. The average molecular weight is 379 g/mol. The molecule has 0 saturated heterocycles. The van der Waals surface area contributed by atoms with Gasteiger partial charge in [0.05, 0.1) is 26.2 Å². The van der Waals surface area contributed by atoms with Gasteiger partial charge in [0.1, 0.15) is 5.75 Å². The van der Waals surface area contributed by atoms with E-state index >= 15 is 0 Å². The Morgan fingerprint density at radius 2 is 1.46 bits per heavy atom. The number of aryl methyl sites for hydroxylation is 2. The highest BCUT2D eigenvalue weighted by Gasteiger charge is 2.24. The number of benzene rings is 2. The van der Waals surface area contributed by atoms with Crippen LogP contribution in [0, 0.1) is 13.8 Å². The Balaban J connectivity index is 2.42. The van der Waals surface area contributed by atoms with E-state index in [2.05, 4.69) is 4.72 Å². The number of sulfonamides is 1. The normalized spacial score (nSPS) is 12.5. The lowest BCUT2D eigenvalue weighted by atomic mass is 10.1. The zero-order valence-electron chi connectivity index (χ0n) is 15.9. The lowest BCUT2D eigenvalue weighted by molar-refractivity contribution is 0.353. The molecule has 1 N–H and O–H groups in total. The van der Waals surface area contributed by atoms with Gasteiger partial charge in [0.25, 0.3) is 0 Å². The third kappa shape index (κ3) is 4.11. The van der Waals surface area contributed by atoms with Crippen LogP contribution in [0.5, 0.6) is 17.2 Å². The van der Waals surface area contributed by atoms with Crippen LogP contribution in [-0.2, 0) is 10.0 Å². The monoisotopic (exact) mass is 379 g/mol. The van der Waals surface area contributed by atoms with Crippen molar-refractivity contribution in [3.63, 3.8) is 0 Å². The number of ether oxygens (including phenoxy) is 3. The molecule has 0 aromatic heterocycles. The average Bonchev–Trinajstić information content (AvgIpc) is 2.60. The van der Waals surface area contributed by atoms with E-state index in [1.165, 1.54) is 20.3 Å². The van der Waals surface area contributed by atoms with Gasteiger partial charge in [-0.15, -0.1) is 0 Å². The first-order chi connectivity index (χ1) is 12.2. The van der Waals surface area contributed by atoms with Crippen LogP contribution >= 0.6 is 0 Å². The fourth-order valence-corrected chi connectivity index (χ4v) is 4.27. The quantitative estimate of drug-likeness (QED) is 0.798. The molecule has 2 aromatic carbocycles. The molecule has 2 aromatic rings. The van der Waals surface area contributed by atoms with E-state index in [4.69, 9.17) is 14.2 Å². The summed E-state index contributed by atoms with van der Waals surface area (Å²) in [6.07, 6.45) is 0. The number of hydrogen-bond donors (Lipinski definition) is 1. The van der Waals surface area contributed by atoms with Crippen molar-refractivity contribution in [2.24, 2.45) is 0 Å². The maximum atomic E-state index is 12.9. The van der Waals surface area contributed by atoms with Gasteiger partial charge in [-0.25, -0.2) is 13.1 Å². The van der Waals surface area contributed by atoms with E-state index in [0.29, 0.717) is 22.8 Å². The van der Waals surface area contributed by atoms with E-state index in [1.807, 2.05) is 25.1 Å². The van der Waals surface area contributed by atoms with Crippen molar-refractivity contribution in [2.75, 3.05) is 21.3 Å². The van der Waals surface area contributed by atoms with E-state index in [9.17, 15) is 8.42 Å². The Kier molecular flexibility index (Phi) is 6.15. The minimum Gasteiger partial charge on any atom is -0.496 e. The van der Waals surface area contributed by atoms with Crippen LogP contribution in [0.2, 0.25) is 0 Å². The molecule has 0 aliphatic carbocycles. The smallest absolute Gasteiger partial charge is 0.241 e. The molecule has 1 unspecified atom stereocenters. The first-order valence-corrected chi connectivity index (χ1v) is 9.61. The predicted octanol–water partition coefficient (Wildman–Crippen LogP) is 3.37. The molecule has 1 atom stereocenters. The number of nitrogens with one attached hydrogen (secondary N) is 1. The summed E-state index contributed by atoms with van der Waals surface area (Å²) in [5.74, 6) is 1.48. The fourth-order valence-electron chi connectivity index (χ4n) is 2.80. The summed E-state index contributed by atoms with van der Waals surface area (Å²) < 4.78 is 44.4. The van der Waals surface area contributed by atoms with Crippen molar-refractivity contribution < 1.29 is 22.6 Å². The highest BCUT2D eigenvalue weighted by Crippen LogP contribution is 2.33. The Morgan fingerprint density at radius 1 is 0.885 bits per heavy atom. The van der Waals surface area contributed by atoms with Gasteiger partial charge in [-0.1, -0.05) is 17.7 Å². The van der Waals surface area contributed by atoms with E-state index < -0.39 is 16.1 Å². The first-order valence-electron chi connectivity index (χ1n) is 8.13. The minimum absolute atomic E-state index is 0.147. The van der Waals surface area contributed by atoms with Crippen LogP contribution in [0.1, 0.15) is 29.7 Å². The topological polar surface area (TPSA) is 73.9 Å². The van der Waals surface area contributed by atoms with Gasteiger partial charge in [-0.2, -0.15) is 0 Å². The zero-order valence-corrected chi connectivity index (χ0v) is 16.7. The Labute approximate surface area is 155 Å². The molecule has 142 valence electrons. The molecule has 0 spiro atoms. The second kappa shape index (κ2) is 7.97. The maximum Gasteiger partial charge on any atom is 0.241 e. The van der Waals surface area contributed by atoms with Crippen molar-refractivity contribution in [3.05, 3.63) is 47.0 Å². The summed E-state index contributed by atoms with van der Waals surface area (Å²) in [6, 6.07) is 8.30. The lowest BCUT2D eigenvalue weighted by Crippen LogP contribution is -2.28. The van der Waals surface area contributed by atoms with Crippen molar-refractivity contribution >= 4 is 10.0 Å². The van der Waals surface area contributed by atoms with Crippen molar-refractivity contribution in [1.82, 2.24) is 4.72 Å². The molecule has 0 amide bonds. The van der Waals surface area contributed by atoms with Gasteiger partial charge in [-0.3, -0.25) is 0 Å². The van der Waals surface area contributed by atoms with Gasteiger partial charge in [-0.05, 0) is 38.5 Å². The number of hydrogen-bond acceptors (Lipinski definition) is 5. The third-order valence-electron chi connectivity index (χ3n) is 4.15. The summed E-state index contributed by atoms with van der Waals surface area (Å²) in [7, 11) is 0.768. The maximum absolute atomic E-state index is 12.9. The van der Waals surface area contributed by atoms with Crippen molar-refractivity contribution in [3.8, 4) is 17.2 Å². The summed E-state index contributed by atoms with van der Waals surface area (Å²) in [6.45, 7) is 5.45. The molecule has 26 heavy (non-hydrogen) atoms.